The van der Waals surface area contributed by atoms with Crippen LogP contribution >= 0.6 is 22.9 Å². The molecule has 0 aromatic carbocycles. The summed E-state index contributed by atoms with van der Waals surface area (Å²) in [7, 11) is 2.04. The van der Waals surface area contributed by atoms with Gasteiger partial charge < -0.3 is 5.32 Å². The standard InChI is InChI=1S/C12H18ClNS/c1-14-11(8-9-4-2-3-5-9)12-10(13)6-7-15-12/h6-7,9,11,14H,2-5,8H2,1H3. The molecule has 1 nitrogen and oxygen atoms in total. The lowest BCUT2D eigenvalue weighted by atomic mass is 9.97. The van der Waals surface area contributed by atoms with Crippen LogP contribution in [0.1, 0.15) is 43.0 Å². The molecule has 1 saturated carbocycles. The molecule has 0 amide bonds. The Morgan fingerprint density at radius 1 is 1.53 bits per heavy atom. The third-order valence-corrected chi connectivity index (χ3v) is 4.83. The predicted octanol–water partition coefficient (Wildman–Crippen LogP) is 4.24. The maximum absolute atomic E-state index is 6.17. The quantitative estimate of drug-likeness (QED) is 0.834. The first-order valence-electron chi connectivity index (χ1n) is 5.71. The minimum atomic E-state index is 0.459. The number of halogens is 1. The summed E-state index contributed by atoms with van der Waals surface area (Å²) in [5, 5.41) is 6.41. The van der Waals surface area contributed by atoms with Crippen molar-refractivity contribution in [1.29, 1.82) is 0 Å². The van der Waals surface area contributed by atoms with Crippen molar-refractivity contribution in [2.45, 2.75) is 38.1 Å². The van der Waals surface area contributed by atoms with Crippen molar-refractivity contribution in [3.05, 3.63) is 21.3 Å². The van der Waals surface area contributed by atoms with Gasteiger partial charge in [0, 0.05) is 10.9 Å². The molecule has 0 saturated heterocycles. The monoisotopic (exact) mass is 243 g/mol. The zero-order valence-electron chi connectivity index (χ0n) is 9.13. The van der Waals surface area contributed by atoms with Gasteiger partial charge in [-0.05, 0) is 30.8 Å². The van der Waals surface area contributed by atoms with Crippen molar-refractivity contribution < 1.29 is 0 Å². The fourth-order valence-corrected chi connectivity index (χ4v) is 3.80. The van der Waals surface area contributed by atoms with Gasteiger partial charge in [-0.25, -0.2) is 0 Å². The van der Waals surface area contributed by atoms with Crippen molar-refractivity contribution in [2.24, 2.45) is 5.92 Å². The van der Waals surface area contributed by atoms with E-state index < -0.39 is 0 Å². The predicted molar refractivity (Wildman–Crippen MR) is 67.7 cm³/mol. The number of hydrogen-bond donors (Lipinski definition) is 1. The molecule has 1 aliphatic rings. The summed E-state index contributed by atoms with van der Waals surface area (Å²) in [4.78, 5) is 1.31. The normalized spacial score (nSPS) is 19.6. The summed E-state index contributed by atoms with van der Waals surface area (Å²) in [6, 6.07) is 2.46. The van der Waals surface area contributed by atoms with E-state index in [-0.39, 0.29) is 0 Å². The lowest BCUT2D eigenvalue weighted by molar-refractivity contribution is 0.417. The zero-order valence-corrected chi connectivity index (χ0v) is 10.7. The van der Waals surface area contributed by atoms with Gasteiger partial charge in [-0.15, -0.1) is 11.3 Å². The number of hydrogen-bond acceptors (Lipinski definition) is 2. The van der Waals surface area contributed by atoms with Gasteiger partial charge in [0.15, 0.2) is 0 Å². The molecular weight excluding hydrogens is 226 g/mol. The van der Waals surface area contributed by atoms with Crippen molar-refractivity contribution in [1.82, 2.24) is 5.32 Å². The van der Waals surface area contributed by atoms with Crippen LogP contribution in [-0.2, 0) is 0 Å². The van der Waals surface area contributed by atoms with Crippen LogP contribution in [0.4, 0.5) is 0 Å². The van der Waals surface area contributed by atoms with E-state index in [1.165, 1.54) is 37.0 Å². The van der Waals surface area contributed by atoms with E-state index in [9.17, 15) is 0 Å². The maximum Gasteiger partial charge on any atom is 0.0561 e. The highest BCUT2D eigenvalue weighted by atomic mass is 35.5. The Kier molecular flexibility index (Phi) is 4.06. The highest BCUT2D eigenvalue weighted by molar-refractivity contribution is 7.10. The summed E-state index contributed by atoms with van der Waals surface area (Å²) in [5.41, 5.74) is 0. The molecule has 1 aliphatic carbocycles. The van der Waals surface area contributed by atoms with Crippen LogP contribution in [0.5, 0.6) is 0 Å². The molecule has 1 aromatic heterocycles. The van der Waals surface area contributed by atoms with E-state index in [1.54, 1.807) is 11.3 Å². The second-order valence-corrected chi connectivity index (χ2v) is 5.72. The van der Waals surface area contributed by atoms with Crippen LogP contribution in [0.3, 0.4) is 0 Å². The van der Waals surface area contributed by atoms with Gasteiger partial charge in [0.2, 0.25) is 0 Å². The molecular formula is C12H18ClNS. The number of thiophene rings is 1. The summed E-state index contributed by atoms with van der Waals surface area (Å²) < 4.78 is 0. The number of nitrogens with one attached hydrogen (secondary N) is 1. The molecule has 1 aromatic rings. The minimum Gasteiger partial charge on any atom is -0.312 e. The van der Waals surface area contributed by atoms with Gasteiger partial charge in [0.25, 0.3) is 0 Å². The summed E-state index contributed by atoms with van der Waals surface area (Å²) >= 11 is 7.94. The topological polar surface area (TPSA) is 12.0 Å². The molecule has 15 heavy (non-hydrogen) atoms. The van der Waals surface area contributed by atoms with Crippen molar-refractivity contribution in [2.75, 3.05) is 7.05 Å². The molecule has 1 unspecified atom stereocenters. The Balaban J connectivity index is 2.00. The van der Waals surface area contributed by atoms with Crippen molar-refractivity contribution >= 4 is 22.9 Å². The second kappa shape index (κ2) is 5.33. The lowest BCUT2D eigenvalue weighted by Crippen LogP contribution is -2.18. The molecule has 1 N–H and O–H groups in total. The van der Waals surface area contributed by atoms with E-state index >= 15 is 0 Å². The molecule has 0 spiro atoms. The Morgan fingerprint density at radius 3 is 2.80 bits per heavy atom. The largest absolute Gasteiger partial charge is 0.312 e. The molecule has 1 heterocycles. The van der Waals surface area contributed by atoms with Gasteiger partial charge in [0.1, 0.15) is 0 Å². The molecule has 1 fully saturated rings. The van der Waals surface area contributed by atoms with Crippen molar-refractivity contribution in [3.8, 4) is 0 Å². The first-order valence-corrected chi connectivity index (χ1v) is 6.97. The van der Waals surface area contributed by atoms with Gasteiger partial charge in [-0.1, -0.05) is 37.3 Å². The van der Waals surface area contributed by atoms with E-state index in [0.717, 1.165) is 10.9 Å². The molecule has 84 valence electrons. The van der Waals surface area contributed by atoms with E-state index in [4.69, 9.17) is 11.6 Å². The van der Waals surface area contributed by atoms with Gasteiger partial charge in [-0.3, -0.25) is 0 Å². The minimum absolute atomic E-state index is 0.459. The first-order chi connectivity index (χ1) is 7.31. The summed E-state index contributed by atoms with van der Waals surface area (Å²) in [6.45, 7) is 0. The maximum atomic E-state index is 6.17. The van der Waals surface area contributed by atoms with E-state index in [1.807, 2.05) is 13.1 Å². The SMILES string of the molecule is CNC(CC1CCCC1)c1sccc1Cl. The third-order valence-electron chi connectivity index (χ3n) is 3.35. The van der Waals surface area contributed by atoms with Gasteiger partial charge in [-0.2, -0.15) is 0 Å². The van der Waals surface area contributed by atoms with Crippen LogP contribution < -0.4 is 5.32 Å². The molecule has 0 bridgehead atoms. The third kappa shape index (κ3) is 2.74. The zero-order chi connectivity index (χ0) is 10.7. The van der Waals surface area contributed by atoms with Crippen LogP contribution in [0.2, 0.25) is 5.02 Å². The fourth-order valence-electron chi connectivity index (χ4n) is 2.49. The van der Waals surface area contributed by atoms with Crippen LogP contribution in [-0.4, -0.2) is 7.05 Å². The van der Waals surface area contributed by atoms with Crippen LogP contribution in [0.25, 0.3) is 0 Å². The highest BCUT2D eigenvalue weighted by Crippen LogP contribution is 2.36. The van der Waals surface area contributed by atoms with E-state index in [2.05, 4.69) is 10.7 Å². The lowest BCUT2D eigenvalue weighted by Gasteiger charge is -2.19. The smallest absolute Gasteiger partial charge is 0.0561 e. The van der Waals surface area contributed by atoms with Gasteiger partial charge >= 0.3 is 0 Å². The average molecular weight is 244 g/mol. The Bertz CT molecular complexity index is 304. The van der Waals surface area contributed by atoms with Crippen LogP contribution in [0.15, 0.2) is 11.4 Å². The molecule has 1 atom stereocenters. The summed E-state index contributed by atoms with van der Waals surface area (Å²) in [6.07, 6.45) is 6.89. The Labute approximate surface area is 101 Å². The Morgan fingerprint density at radius 2 is 2.27 bits per heavy atom. The first kappa shape index (κ1) is 11.4. The molecule has 2 rings (SSSR count). The summed E-state index contributed by atoms with van der Waals surface area (Å²) in [5.74, 6) is 0.903. The van der Waals surface area contributed by atoms with Gasteiger partial charge in [0.05, 0.1) is 5.02 Å². The highest BCUT2D eigenvalue weighted by Gasteiger charge is 2.22. The van der Waals surface area contributed by atoms with Crippen molar-refractivity contribution in [3.63, 3.8) is 0 Å². The second-order valence-electron chi connectivity index (χ2n) is 4.36. The fraction of sp³-hybridized carbons (Fsp3) is 0.667. The Hall–Kier alpha value is -0.0500. The number of rotatable bonds is 4. The molecule has 3 heteroatoms. The average Bonchev–Trinajstić information content (AvgIpc) is 2.85. The molecule has 0 radical (unpaired) electrons. The molecule has 0 aliphatic heterocycles. The van der Waals surface area contributed by atoms with Crippen LogP contribution in [0, 0.1) is 5.92 Å². The van der Waals surface area contributed by atoms with E-state index in [0.29, 0.717) is 6.04 Å².